The molecule has 2 aromatic rings. The number of hydrogen-bond donors (Lipinski definition) is 1. The maximum atomic E-state index is 12.5. The molecular weight excluding hydrogens is 316 g/mol. The number of amides is 1. The van der Waals surface area contributed by atoms with Crippen LogP contribution >= 0.6 is 0 Å². The molecule has 1 aromatic carbocycles. The summed E-state index contributed by atoms with van der Waals surface area (Å²) in [6, 6.07) is 9.89. The largest absolute Gasteiger partial charge is 0.449 e. The highest BCUT2D eigenvalue weighted by molar-refractivity contribution is 5.93. The molecule has 5 heteroatoms. The van der Waals surface area contributed by atoms with Crippen LogP contribution in [0, 0.1) is 20.8 Å². The maximum Gasteiger partial charge on any atom is 0.340 e. The van der Waals surface area contributed by atoms with Crippen LogP contribution in [0.2, 0.25) is 0 Å². The van der Waals surface area contributed by atoms with Gasteiger partial charge in [0.2, 0.25) is 0 Å². The van der Waals surface area contributed by atoms with Crippen LogP contribution < -0.4 is 5.32 Å². The summed E-state index contributed by atoms with van der Waals surface area (Å²) in [5.41, 5.74) is 4.37. The molecular formula is C20H26N2O3. The molecule has 0 fully saturated rings. The van der Waals surface area contributed by atoms with Crippen molar-refractivity contribution in [2.24, 2.45) is 0 Å². The Kier molecular flexibility index (Phi) is 6.02. The molecule has 1 atom stereocenters. The van der Waals surface area contributed by atoms with Crippen molar-refractivity contribution in [1.82, 2.24) is 9.88 Å². The number of aromatic nitrogens is 1. The van der Waals surface area contributed by atoms with Gasteiger partial charge in [-0.1, -0.05) is 19.1 Å². The van der Waals surface area contributed by atoms with Crippen molar-refractivity contribution in [3.63, 3.8) is 0 Å². The Hall–Kier alpha value is -2.56. The second kappa shape index (κ2) is 8.01. The molecule has 0 aliphatic carbocycles. The minimum Gasteiger partial charge on any atom is -0.449 e. The van der Waals surface area contributed by atoms with Crippen molar-refractivity contribution in [1.29, 1.82) is 0 Å². The van der Waals surface area contributed by atoms with Crippen LogP contribution in [-0.2, 0) is 9.53 Å². The number of aryl methyl sites for hydroxylation is 2. The van der Waals surface area contributed by atoms with E-state index in [4.69, 9.17) is 4.74 Å². The Labute approximate surface area is 149 Å². The number of nitrogens with one attached hydrogen (secondary N) is 1. The van der Waals surface area contributed by atoms with Gasteiger partial charge in [-0.05, 0) is 57.9 Å². The van der Waals surface area contributed by atoms with Crippen molar-refractivity contribution >= 4 is 11.9 Å². The van der Waals surface area contributed by atoms with Crippen molar-refractivity contribution in [3.8, 4) is 5.69 Å². The molecule has 1 heterocycles. The summed E-state index contributed by atoms with van der Waals surface area (Å²) in [6.07, 6.45) is 0.0189. The number of rotatable bonds is 6. The van der Waals surface area contributed by atoms with E-state index in [1.54, 1.807) is 13.0 Å². The molecule has 1 aromatic heterocycles. The SMILES string of the molecule is CCCNC(=O)C(C)OC(=O)c1cc(C)n(-c2cccc(C)c2)c1C. The zero-order valence-corrected chi connectivity index (χ0v) is 15.6. The Morgan fingerprint density at radius 1 is 1.20 bits per heavy atom. The third-order valence-corrected chi connectivity index (χ3v) is 4.11. The van der Waals surface area contributed by atoms with Crippen LogP contribution in [0.5, 0.6) is 0 Å². The van der Waals surface area contributed by atoms with Gasteiger partial charge in [0.05, 0.1) is 5.56 Å². The average molecular weight is 342 g/mol. The second-order valence-corrected chi connectivity index (χ2v) is 6.30. The number of benzene rings is 1. The third-order valence-electron chi connectivity index (χ3n) is 4.11. The Morgan fingerprint density at radius 3 is 2.56 bits per heavy atom. The summed E-state index contributed by atoms with van der Waals surface area (Å²) in [5.74, 6) is -0.756. The molecule has 5 nitrogen and oxygen atoms in total. The Morgan fingerprint density at radius 2 is 1.92 bits per heavy atom. The molecule has 0 saturated heterocycles. The second-order valence-electron chi connectivity index (χ2n) is 6.30. The lowest BCUT2D eigenvalue weighted by atomic mass is 10.2. The molecule has 0 spiro atoms. The molecule has 0 aliphatic rings. The molecule has 0 saturated carbocycles. The molecule has 0 aliphatic heterocycles. The van der Waals surface area contributed by atoms with Gasteiger partial charge in [-0.2, -0.15) is 0 Å². The van der Waals surface area contributed by atoms with E-state index in [0.717, 1.165) is 29.1 Å². The molecule has 1 amide bonds. The normalized spacial score (nSPS) is 11.9. The van der Waals surface area contributed by atoms with E-state index >= 15 is 0 Å². The van der Waals surface area contributed by atoms with Gasteiger partial charge < -0.3 is 14.6 Å². The fourth-order valence-electron chi connectivity index (χ4n) is 2.80. The number of esters is 1. The van der Waals surface area contributed by atoms with Crippen LogP contribution in [-0.4, -0.2) is 29.1 Å². The summed E-state index contributed by atoms with van der Waals surface area (Å²) >= 11 is 0. The van der Waals surface area contributed by atoms with E-state index in [-0.39, 0.29) is 5.91 Å². The molecule has 1 N–H and O–H groups in total. The zero-order valence-electron chi connectivity index (χ0n) is 15.6. The highest BCUT2D eigenvalue weighted by Gasteiger charge is 2.22. The van der Waals surface area contributed by atoms with Gasteiger partial charge in [-0.25, -0.2) is 4.79 Å². The van der Waals surface area contributed by atoms with Crippen molar-refractivity contribution < 1.29 is 14.3 Å². The summed E-state index contributed by atoms with van der Waals surface area (Å²) in [6.45, 7) is 9.99. The molecule has 0 bridgehead atoms. The van der Waals surface area contributed by atoms with Gasteiger partial charge in [0.1, 0.15) is 0 Å². The summed E-state index contributed by atoms with van der Waals surface area (Å²) in [5, 5.41) is 2.73. The number of carbonyl (C=O) groups excluding carboxylic acids is 2. The maximum absolute atomic E-state index is 12.5. The molecule has 2 rings (SSSR count). The van der Waals surface area contributed by atoms with Gasteiger partial charge >= 0.3 is 5.97 Å². The smallest absolute Gasteiger partial charge is 0.340 e. The predicted molar refractivity (Wildman–Crippen MR) is 98.2 cm³/mol. The number of hydrogen-bond acceptors (Lipinski definition) is 3. The number of carbonyl (C=O) groups is 2. The fourth-order valence-corrected chi connectivity index (χ4v) is 2.80. The van der Waals surface area contributed by atoms with Gasteiger partial charge in [-0.3, -0.25) is 4.79 Å². The molecule has 0 radical (unpaired) electrons. The van der Waals surface area contributed by atoms with Crippen LogP contribution in [0.1, 0.15) is 47.6 Å². The molecule has 1 unspecified atom stereocenters. The van der Waals surface area contributed by atoms with Gasteiger partial charge in [-0.15, -0.1) is 0 Å². The van der Waals surface area contributed by atoms with E-state index in [2.05, 4.69) is 11.4 Å². The highest BCUT2D eigenvalue weighted by atomic mass is 16.5. The van der Waals surface area contributed by atoms with E-state index in [1.165, 1.54) is 0 Å². The average Bonchev–Trinajstić information content (AvgIpc) is 2.87. The minimum atomic E-state index is -0.818. The lowest BCUT2D eigenvalue weighted by molar-refractivity contribution is -0.129. The quantitative estimate of drug-likeness (QED) is 0.818. The molecule has 134 valence electrons. The standard InChI is InChI=1S/C20H26N2O3/c1-6-10-21-19(23)16(5)25-20(24)18-12-14(3)22(15(18)4)17-9-7-8-13(2)11-17/h7-9,11-12,16H,6,10H2,1-5H3,(H,21,23). The van der Waals surface area contributed by atoms with Crippen LogP contribution in [0.3, 0.4) is 0 Å². The lowest BCUT2D eigenvalue weighted by Gasteiger charge is -2.14. The topological polar surface area (TPSA) is 60.3 Å². The van der Waals surface area contributed by atoms with E-state index < -0.39 is 12.1 Å². The highest BCUT2D eigenvalue weighted by Crippen LogP contribution is 2.22. The van der Waals surface area contributed by atoms with Crippen molar-refractivity contribution in [2.75, 3.05) is 6.54 Å². The third kappa shape index (κ3) is 4.29. The first-order valence-electron chi connectivity index (χ1n) is 8.59. The number of ether oxygens (including phenoxy) is 1. The summed E-state index contributed by atoms with van der Waals surface area (Å²) < 4.78 is 7.36. The monoisotopic (exact) mass is 342 g/mol. The lowest BCUT2D eigenvalue weighted by Crippen LogP contribution is -2.36. The number of nitrogens with zero attached hydrogens (tertiary/aromatic N) is 1. The summed E-state index contributed by atoms with van der Waals surface area (Å²) in [7, 11) is 0. The van der Waals surface area contributed by atoms with Gasteiger partial charge in [0, 0.05) is 23.6 Å². The summed E-state index contributed by atoms with van der Waals surface area (Å²) in [4.78, 5) is 24.4. The van der Waals surface area contributed by atoms with E-state index in [1.807, 2.05) is 50.5 Å². The first kappa shape index (κ1) is 18.8. The van der Waals surface area contributed by atoms with Crippen molar-refractivity contribution in [3.05, 3.63) is 52.8 Å². The van der Waals surface area contributed by atoms with Gasteiger partial charge in [0.25, 0.3) is 5.91 Å². The van der Waals surface area contributed by atoms with Crippen LogP contribution in [0.4, 0.5) is 0 Å². The van der Waals surface area contributed by atoms with E-state index in [9.17, 15) is 9.59 Å². The first-order valence-corrected chi connectivity index (χ1v) is 8.59. The van der Waals surface area contributed by atoms with Gasteiger partial charge in [0.15, 0.2) is 6.10 Å². The van der Waals surface area contributed by atoms with Crippen LogP contribution in [0.25, 0.3) is 5.69 Å². The zero-order chi connectivity index (χ0) is 18.6. The Bertz CT molecular complexity index is 777. The predicted octanol–water partition coefficient (Wildman–Crippen LogP) is 3.47. The minimum absolute atomic E-state index is 0.275. The first-order chi connectivity index (χ1) is 11.8. The Balaban J connectivity index is 2.22. The fraction of sp³-hybridized carbons (Fsp3) is 0.400. The van der Waals surface area contributed by atoms with Crippen molar-refractivity contribution in [2.45, 2.75) is 47.1 Å². The van der Waals surface area contributed by atoms with E-state index in [0.29, 0.717) is 12.1 Å². The molecule has 25 heavy (non-hydrogen) atoms. The van der Waals surface area contributed by atoms with Crippen LogP contribution in [0.15, 0.2) is 30.3 Å².